The van der Waals surface area contributed by atoms with Gasteiger partial charge in [-0.3, -0.25) is 14.5 Å². The van der Waals surface area contributed by atoms with Crippen molar-refractivity contribution in [3.8, 4) is 0 Å². The van der Waals surface area contributed by atoms with Crippen LogP contribution in [0.2, 0.25) is 0 Å². The minimum atomic E-state index is -0.588. The Hall–Kier alpha value is -2.73. The van der Waals surface area contributed by atoms with Crippen molar-refractivity contribution in [3.63, 3.8) is 0 Å². The van der Waals surface area contributed by atoms with Crippen molar-refractivity contribution < 1.29 is 14.0 Å². The van der Waals surface area contributed by atoms with Crippen molar-refractivity contribution in [3.05, 3.63) is 65.5 Å². The molecule has 0 spiro atoms. The van der Waals surface area contributed by atoms with E-state index in [0.717, 1.165) is 55.5 Å². The average Bonchev–Trinajstić information content (AvgIpc) is 3.11. The molecule has 5 nitrogen and oxygen atoms in total. The van der Waals surface area contributed by atoms with Gasteiger partial charge in [0.15, 0.2) is 0 Å². The Morgan fingerprint density at radius 1 is 1.14 bits per heavy atom. The third-order valence-corrected chi connectivity index (χ3v) is 6.30. The molecule has 6 heteroatoms. The van der Waals surface area contributed by atoms with Gasteiger partial charge in [-0.05, 0) is 67.6 Å². The van der Waals surface area contributed by atoms with Crippen molar-refractivity contribution in [1.29, 1.82) is 0 Å². The molecule has 1 saturated heterocycles. The number of hydrogen-bond acceptors (Lipinski definition) is 3. The number of anilines is 1. The van der Waals surface area contributed by atoms with E-state index in [1.165, 1.54) is 12.1 Å². The number of nitrogens with two attached hydrogens (primary N) is 1. The van der Waals surface area contributed by atoms with Crippen molar-refractivity contribution in [2.45, 2.75) is 50.1 Å². The fourth-order valence-electron chi connectivity index (χ4n) is 4.52. The lowest BCUT2D eigenvalue weighted by Crippen LogP contribution is -2.46. The van der Waals surface area contributed by atoms with Gasteiger partial charge in [0.05, 0.1) is 11.5 Å². The Balaban J connectivity index is 1.48. The van der Waals surface area contributed by atoms with Crippen LogP contribution in [0.5, 0.6) is 0 Å². The summed E-state index contributed by atoms with van der Waals surface area (Å²) in [5.74, 6) is -0.630. The molecule has 152 valence electrons. The summed E-state index contributed by atoms with van der Waals surface area (Å²) in [6, 6.07) is 13.7. The van der Waals surface area contributed by atoms with E-state index in [1.807, 2.05) is 24.3 Å². The molecule has 1 aliphatic heterocycles. The molecule has 29 heavy (non-hydrogen) atoms. The van der Waals surface area contributed by atoms with Gasteiger partial charge in [-0.25, -0.2) is 4.39 Å². The SMILES string of the molecule is NC(=O)C1CCCN1Cc1cccc(NC(=O)C2(c3ccc(F)cc3)CCC2)c1. The summed E-state index contributed by atoms with van der Waals surface area (Å²) in [5, 5.41) is 3.05. The fraction of sp³-hybridized carbons (Fsp3) is 0.391. The molecule has 1 atom stereocenters. The molecular weight excluding hydrogens is 369 g/mol. The molecule has 2 aromatic rings. The highest BCUT2D eigenvalue weighted by molar-refractivity contribution is 6.00. The lowest BCUT2D eigenvalue weighted by atomic mass is 9.64. The Morgan fingerprint density at radius 3 is 2.55 bits per heavy atom. The molecule has 1 unspecified atom stereocenters. The Bertz CT molecular complexity index is 909. The van der Waals surface area contributed by atoms with Gasteiger partial charge < -0.3 is 11.1 Å². The van der Waals surface area contributed by atoms with Gasteiger partial charge in [-0.15, -0.1) is 0 Å². The summed E-state index contributed by atoms with van der Waals surface area (Å²) >= 11 is 0. The summed E-state index contributed by atoms with van der Waals surface area (Å²) in [7, 11) is 0. The lowest BCUT2D eigenvalue weighted by molar-refractivity contribution is -0.124. The van der Waals surface area contributed by atoms with Crippen molar-refractivity contribution in [1.82, 2.24) is 4.90 Å². The number of likely N-dealkylation sites (tertiary alicyclic amines) is 1. The predicted octanol–water partition coefficient (Wildman–Crippen LogP) is 3.34. The van der Waals surface area contributed by atoms with Crippen LogP contribution < -0.4 is 11.1 Å². The molecule has 4 rings (SSSR count). The first kappa shape index (κ1) is 19.6. The van der Waals surface area contributed by atoms with Crippen LogP contribution in [0.4, 0.5) is 10.1 Å². The molecule has 1 aliphatic carbocycles. The minimum Gasteiger partial charge on any atom is -0.368 e. The molecule has 2 amide bonds. The van der Waals surface area contributed by atoms with Crippen LogP contribution in [0, 0.1) is 5.82 Å². The second kappa shape index (κ2) is 7.95. The first-order chi connectivity index (χ1) is 14.0. The van der Waals surface area contributed by atoms with Crippen LogP contribution in [-0.2, 0) is 21.5 Å². The first-order valence-corrected chi connectivity index (χ1v) is 10.2. The highest BCUT2D eigenvalue weighted by Gasteiger charge is 2.45. The third-order valence-electron chi connectivity index (χ3n) is 6.30. The van der Waals surface area contributed by atoms with Crippen LogP contribution in [0.25, 0.3) is 0 Å². The molecule has 0 bridgehead atoms. The molecule has 2 aromatic carbocycles. The molecule has 1 heterocycles. The number of carbonyl (C=O) groups is 2. The second-order valence-corrected chi connectivity index (χ2v) is 8.13. The smallest absolute Gasteiger partial charge is 0.235 e. The van der Waals surface area contributed by atoms with Crippen LogP contribution in [0.1, 0.15) is 43.2 Å². The topological polar surface area (TPSA) is 75.4 Å². The summed E-state index contributed by atoms with van der Waals surface area (Å²) in [5.41, 5.74) is 7.54. The van der Waals surface area contributed by atoms with E-state index in [4.69, 9.17) is 5.73 Å². The minimum absolute atomic E-state index is 0.0521. The van der Waals surface area contributed by atoms with E-state index in [-0.39, 0.29) is 23.7 Å². The number of amides is 2. The molecule has 0 radical (unpaired) electrons. The van der Waals surface area contributed by atoms with E-state index < -0.39 is 5.41 Å². The summed E-state index contributed by atoms with van der Waals surface area (Å²) in [4.78, 5) is 26.8. The summed E-state index contributed by atoms with van der Waals surface area (Å²) in [6.45, 7) is 1.47. The summed E-state index contributed by atoms with van der Waals surface area (Å²) < 4.78 is 13.3. The second-order valence-electron chi connectivity index (χ2n) is 8.13. The molecular formula is C23H26FN3O2. The van der Waals surface area contributed by atoms with E-state index in [9.17, 15) is 14.0 Å². The van der Waals surface area contributed by atoms with Gasteiger partial charge in [-0.2, -0.15) is 0 Å². The van der Waals surface area contributed by atoms with Gasteiger partial charge in [0, 0.05) is 12.2 Å². The number of nitrogens with zero attached hydrogens (tertiary/aromatic N) is 1. The number of nitrogens with one attached hydrogen (secondary N) is 1. The fourth-order valence-corrected chi connectivity index (χ4v) is 4.52. The van der Waals surface area contributed by atoms with Crippen LogP contribution >= 0.6 is 0 Å². The molecule has 2 aliphatic rings. The normalized spacial score (nSPS) is 20.8. The largest absolute Gasteiger partial charge is 0.368 e. The molecule has 0 aromatic heterocycles. The van der Waals surface area contributed by atoms with E-state index in [1.54, 1.807) is 12.1 Å². The van der Waals surface area contributed by atoms with Gasteiger partial charge >= 0.3 is 0 Å². The van der Waals surface area contributed by atoms with E-state index in [2.05, 4.69) is 10.2 Å². The van der Waals surface area contributed by atoms with E-state index in [0.29, 0.717) is 6.54 Å². The Morgan fingerprint density at radius 2 is 1.90 bits per heavy atom. The molecule has 3 N–H and O–H groups in total. The van der Waals surface area contributed by atoms with Crippen molar-refractivity contribution in [2.24, 2.45) is 5.73 Å². The highest BCUT2D eigenvalue weighted by atomic mass is 19.1. The average molecular weight is 395 g/mol. The van der Waals surface area contributed by atoms with E-state index >= 15 is 0 Å². The summed E-state index contributed by atoms with van der Waals surface area (Å²) in [6.07, 6.45) is 4.26. The Labute approximate surface area is 170 Å². The third kappa shape index (κ3) is 3.90. The van der Waals surface area contributed by atoms with Gasteiger partial charge in [0.1, 0.15) is 5.82 Å². The lowest BCUT2D eigenvalue weighted by Gasteiger charge is -2.40. The van der Waals surface area contributed by atoms with Gasteiger partial charge in [0.2, 0.25) is 11.8 Å². The number of hydrogen-bond donors (Lipinski definition) is 2. The van der Waals surface area contributed by atoms with Crippen LogP contribution in [0.15, 0.2) is 48.5 Å². The number of halogens is 1. The first-order valence-electron chi connectivity index (χ1n) is 10.2. The molecule has 1 saturated carbocycles. The van der Waals surface area contributed by atoms with Gasteiger partial charge in [0.25, 0.3) is 0 Å². The van der Waals surface area contributed by atoms with Gasteiger partial charge in [-0.1, -0.05) is 30.7 Å². The Kier molecular flexibility index (Phi) is 5.37. The maximum absolute atomic E-state index is 13.3. The van der Waals surface area contributed by atoms with Crippen LogP contribution in [0.3, 0.4) is 0 Å². The predicted molar refractivity (Wildman–Crippen MR) is 110 cm³/mol. The molecule has 2 fully saturated rings. The zero-order valence-electron chi connectivity index (χ0n) is 16.4. The number of primary amides is 1. The number of benzene rings is 2. The zero-order chi connectivity index (χ0) is 20.4. The monoisotopic (exact) mass is 395 g/mol. The van der Waals surface area contributed by atoms with Crippen molar-refractivity contribution in [2.75, 3.05) is 11.9 Å². The quantitative estimate of drug-likeness (QED) is 0.788. The maximum atomic E-state index is 13.3. The zero-order valence-corrected chi connectivity index (χ0v) is 16.4. The number of rotatable bonds is 6. The highest BCUT2D eigenvalue weighted by Crippen LogP contribution is 2.44. The maximum Gasteiger partial charge on any atom is 0.235 e. The van der Waals surface area contributed by atoms with Crippen molar-refractivity contribution >= 4 is 17.5 Å². The number of carbonyl (C=O) groups excluding carboxylic acids is 2. The standard InChI is InChI=1S/C23H26FN3O2/c24-18-9-7-17(8-10-18)23(11-3-12-23)22(29)26-19-5-1-4-16(14-19)15-27-13-2-6-20(27)21(25)28/h1,4-5,7-10,14,20H,2-3,6,11-13,15H2,(H2,25,28)(H,26,29). The van der Waals surface area contributed by atoms with Crippen LogP contribution in [-0.4, -0.2) is 29.3 Å².